The van der Waals surface area contributed by atoms with Gasteiger partial charge in [0.05, 0.1) is 6.54 Å². The number of aryl methyl sites for hydroxylation is 1. The maximum atomic E-state index is 12.1. The molecule has 1 N–H and O–H groups in total. The van der Waals surface area contributed by atoms with Crippen molar-refractivity contribution in [2.75, 3.05) is 26.7 Å². The van der Waals surface area contributed by atoms with Crippen molar-refractivity contribution in [2.24, 2.45) is 0 Å². The van der Waals surface area contributed by atoms with Gasteiger partial charge in [-0.05, 0) is 32.7 Å². The van der Waals surface area contributed by atoms with Gasteiger partial charge < -0.3 is 14.8 Å². The van der Waals surface area contributed by atoms with Gasteiger partial charge in [-0.2, -0.15) is 0 Å². The van der Waals surface area contributed by atoms with Crippen LogP contribution in [-0.4, -0.2) is 52.3 Å². The zero-order valence-electron chi connectivity index (χ0n) is 12.8. The van der Waals surface area contributed by atoms with E-state index >= 15 is 0 Å². The number of carbonyl (C=O) groups is 1. The Morgan fingerprint density at radius 3 is 3.00 bits per heavy atom. The summed E-state index contributed by atoms with van der Waals surface area (Å²) in [5, 5.41) is 11.8. The van der Waals surface area contributed by atoms with Crippen LogP contribution >= 0.6 is 0 Å². The van der Waals surface area contributed by atoms with Gasteiger partial charge in [0.15, 0.2) is 0 Å². The van der Waals surface area contributed by atoms with E-state index in [0.717, 1.165) is 50.5 Å². The third kappa shape index (κ3) is 3.10. The highest BCUT2D eigenvalue weighted by Crippen LogP contribution is 2.27. The normalized spacial score (nSPS) is 22.7. The monoisotopic (exact) mass is 291 g/mol. The fourth-order valence-electron chi connectivity index (χ4n) is 3.49. The Kier molecular flexibility index (Phi) is 4.53. The van der Waals surface area contributed by atoms with Crippen molar-refractivity contribution in [2.45, 2.75) is 51.0 Å². The van der Waals surface area contributed by atoms with E-state index in [2.05, 4.69) is 20.1 Å². The van der Waals surface area contributed by atoms with Gasteiger partial charge >= 0.3 is 0 Å². The summed E-state index contributed by atoms with van der Waals surface area (Å²) in [6, 6.07) is 0. The number of nitrogens with zero attached hydrogens (tertiary/aromatic N) is 4. The van der Waals surface area contributed by atoms with Gasteiger partial charge in [-0.3, -0.25) is 4.79 Å². The predicted octanol–water partition coefficient (Wildman–Crippen LogP) is 0.930. The van der Waals surface area contributed by atoms with E-state index in [1.807, 2.05) is 11.9 Å². The van der Waals surface area contributed by atoms with E-state index in [-0.39, 0.29) is 5.91 Å². The highest BCUT2D eigenvalue weighted by atomic mass is 16.2. The lowest BCUT2D eigenvalue weighted by Crippen LogP contribution is -2.43. The van der Waals surface area contributed by atoms with E-state index in [1.54, 1.807) is 0 Å². The Hall–Kier alpha value is -1.43. The number of nitrogens with one attached hydrogen (secondary N) is 1. The number of likely N-dealkylation sites (tertiary alicyclic amines) is 1. The molecule has 116 valence electrons. The fourth-order valence-corrected chi connectivity index (χ4v) is 3.49. The molecular weight excluding hydrogens is 266 g/mol. The van der Waals surface area contributed by atoms with E-state index in [9.17, 15) is 4.79 Å². The van der Waals surface area contributed by atoms with E-state index in [0.29, 0.717) is 12.5 Å². The number of carbonyl (C=O) groups excluding carboxylic acids is 1. The van der Waals surface area contributed by atoms with Crippen LogP contribution in [0, 0.1) is 0 Å². The number of fused-ring (bicyclic) bond motifs is 1. The third-order valence-electron chi connectivity index (χ3n) is 4.61. The first-order valence-electron chi connectivity index (χ1n) is 8.14. The van der Waals surface area contributed by atoms with Crippen molar-refractivity contribution in [1.82, 2.24) is 25.0 Å². The number of aromatic nitrogens is 3. The molecular formula is C15H25N5O. The molecule has 2 aliphatic heterocycles. The standard InChI is InChI=1S/C15H25N5O/c1-16-10-14(21)19-8-5-6-12(11-19)15-18-17-13-7-3-2-4-9-20(13)15/h12,16H,2-11H2,1H3. The van der Waals surface area contributed by atoms with Gasteiger partial charge in [-0.25, -0.2) is 0 Å². The topological polar surface area (TPSA) is 63.1 Å². The molecule has 0 bridgehead atoms. The number of piperidine rings is 1. The Labute approximate surface area is 125 Å². The quantitative estimate of drug-likeness (QED) is 0.900. The predicted molar refractivity (Wildman–Crippen MR) is 80.1 cm³/mol. The van der Waals surface area contributed by atoms with Gasteiger partial charge in [-0.15, -0.1) is 10.2 Å². The molecule has 1 amide bonds. The maximum Gasteiger partial charge on any atom is 0.236 e. The number of amides is 1. The smallest absolute Gasteiger partial charge is 0.236 e. The second-order valence-corrected chi connectivity index (χ2v) is 6.15. The Morgan fingerprint density at radius 2 is 2.14 bits per heavy atom. The van der Waals surface area contributed by atoms with Crippen LogP contribution in [0.25, 0.3) is 0 Å². The molecule has 1 unspecified atom stereocenters. The van der Waals surface area contributed by atoms with Gasteiger partial charge in [0.1, 0.15) is 11.6 Å². The van der Waals surface area contributed by atoms with Crippen molar-refractivity contribution in [1.29, 1.82) is 0 Å². The molecule has 3 heterocycles. The van der Waals surface area contributed by atoms with Crippen LogP contribution in [0.3, 0.4) is 0 Å². The first kappa shape index (κ1) is 14.5. The van der Waals surface area contributed by atoms with Crippen LogP contribution in [0.2, 0.25) is 0 Å². The van der Waals surface area contributed by atoms with Crippen LogP contribution in [0.1, 0.15) is 49.7 Å². The van der Waals surface area contributed by atoms with Crippen LogP contribution in [0.4, 0.5) is 0 Å². The molecule has 0 saturated carbocycles. The summed E-state index contributed by atoms with van der Waals surface area (Å²) < 4.78 is 2.32. The van der Waals surface area contributed by atoms with Crippen LogP contribution < -0.4 is 5.32 Å². The lowest BCUT2D eigenvalue weighted by Gasteiger charge is -2.32. The largest absolute Gasteiger partial charge is 0.341 e. The lowest BCUT2D eigenvalue weighted by atomic mass is 9.97. The van der Waals surface area contributed by atoms with Gasteiger partial charge in [-0.1, -0.05) is 6.42 Å². The van der Waals surface area contributed by atoms with E-state index < -0.39 is 0 Å². The summed E-state index contributed by atoms with van der Waals surface area (Å²) in [7, 11) is 1.82. The average molecular weight is 291 g/mol. The summed E-state index contributed by atoms with van der Waals surface area (Å²) in [6.07, 6.45) is 6.93. The molecule has 6 nitrogen and oxygen atoms in total. The second-order valence-electron chi connectivity index (χ2n) is 6.15. The third-order valence-corrected chi connectivity index (χ3v) is 4.61. The van der Waals surface area contributed by atoms with Crippen molar-refractivity contribution < 1.29 is 4.79 Å². The van der Waals surface area contributed by atoms with Gasteiger partial charge in [0.25, 0.3) is 0 Å². The number of hydrogen-bond donors (Lipinski definition) is 1. The molecule has 1 atom stereocenters. The van der Waals surface area contributed by atoms with Crippen molar-refractivity contribution >= 4 is 5.91 Å². The van der Waals surface area contributed by atoms with Crippen molar-refractivity contribution in [3.05, 3.63) is 11.6 Å². The molecule has 3 rings (SSSR count). The summed E-state index contributed by atoms with van der Waals surface area (Å²) in [5.74, 6) is 2.78. The summed E-state index contributed by atoms with van der Waals surface area (Å²) in [5.41, 5.74) is 0. The average Bonchev–Trinajstić information content (AvgIpc) is 2.76. The molecule has 2 aliphatic rings. The Balaban J connectivity index is 1.74. The van der Waals surface area contributed by atoms with E-state index in [1.165, 1.54) is 19.3 Å². The van der Waals surface area contributed by atoms with E-state index in [4.69, 9.17) is 0 Å². The zero-order valence-corrected chi connectivity index (χ0v) is 12.8. The summed E-state index contributed by atoms with van der Waals surface area (Å²) in [4.78, 5) is 14.1. The molecule has 0 aromatic carbocycles. The van der Waals surface area contributed by atoms with Crippen LogP contribution in [-0.2, 0) is 17.8 Å². The Morgan fingerprint density at radius 1 is 1.24 bits per heavy atom. The minimum absolute atomic E-state index is 0.192. The first-order valence-corrected chi connectivity index (χ1v) is 8.14. The highest BCUT2D eigenvalue weighted by Gasteiger charge is 2.29. The van der Waals surface area contributed by atoms with Crippen molar-refractivity contribution in [3.8, 4) is 0 Å². The second kappa shape index (κ2) is 6.56. The van der Waals surface area contributed by atoms with Crippen LogP contribution in [0.5, 0.6) is 0 Å². The van der Waals surface area contributed by atoms with Gasteiger partial charge in [0.2, 0.25) is 5.91 Å². The fraction of sp³-hybridized carbons (Fsp3) is 0.800. The van der Waals surface area contributed by atoms with Crippen molar-refractivity contribution in [3.63, 3.8) is 0 Å². The molecule has 1 saturated heterocycles. The van der Waals surface area contributed by atoms with Crippen LogP contribution in [0.15, 0.2) is 0 Å². The number of rotatable bonds is 3. The molecule has 0 spiro atoms. The maximum absolute atomic E-state index is 12.1. The lowest BCUT2D eigenvalue weighted by molar-refractivity contribution is -0.131. The number of likely N-dealkylation sites (N-methyl/N-ethyl adjacent to an activating group) is 1. The minimum atomic E-state index is 0.192. The zero-order chi connectivity index (χ0) is 14.7. The number of hydrogen-bond acceptors (Lipinski definition) is 4. The minimum Gasteiger partial charge on any atom is -0.341 e. The first-order chi connectivity index (χ1) is 10.3. The molecule has 21 heavy (non-hydrogen) atoms. The Bertz CT molecular complexity index is 498. The SMILES string of the molecule is CNCC(=O)N1CCCC(c2nnc3n2CCCCC3)C1. The summed E-state index contributed by atoms with van der Waals surface area (Å²) >= 11 is 0. The molecule has 1 aromatic rings. The molecule has 0 radical (unpaired) electrons. The van der Waals surface area contributed by atoms with Gasteiger partial charge in [0, 0.05) is 32.0 Å². The molecule has 1 aromatic heterocycles. The molecule has 0 aliphatic carbocycles. The summed E-state index contributed by atoms with van der Waals surface area (Å²) in [6.45, 7) is 3.12. The highest BCUT2D eigenvalue weighted by molar-refractivity contribution is 5.78. The molecule has 6 heteroatoms. The molecule has 1 fully saturated rings.